The lowest BCUT2D eigenvalue weighted by atomic mass is 10.1. The number of piperazine rings is 1. The van der Waals surface area contributed by atoms with E-state index in [0.717, 1.165) is 56.0 Å². The van der Waals surface area contributed by atoms with Crippen LogP contribution < -0.4 is 15.8 Å². The van der Waals surface area contributed by atoms with E-state index in [1.807, 2.05) is 25.1 Å². The molecular weight excluding hydrogens is 382 g/mol. The second-order valence-corrected chi connectivity index (χ2v) is 7.84. The third-order valence-corrected chi connectivity index (χ3v) is 6.12. The zero-order valence-corrected chi connectivity index (χ0v) is 17.6. The Labute approximate surface area is 176 Å². The molecule has 30 heavy (non-hydrogen) atoms. The highest BCUT2D eigenvalue weighted by Crippen LogP contribution is 2.30. The molecule has 2 N–H and O–H groups in total. The summed E-state index contributed by atoms with van der Waals surface area (Å²) in [6.45, 7) is 6.38. The van der Waals surface area contributed by atoms with Crippen molar-refractivity contribution in [1.29, 1.82) is 0 Å². The predicted molar refractivity (Wildman–Crippen MR) is 115 cm³/mol. The smallest absolute Gasteiger partial charge is 0.269 e. The predicted octanol–water partition coefficient (Wildman–Crippen LogP) is 1.34. The molecule has 8 nitrogen and oxygen atoms in total. The Balaban J connectivity index is 1.32. The van der Waals surface area contributed by atoms with Crippen LogP contribution in [0, 0.1) is 0 Å². The van der Waals surface area contributed by atoms with Crippen LogP contribution in [-0.4, -0.2) is 66.7 Å². The number of hydrogen-bond acceptors (Lipinski definition) is 6. The van der Waals surface area contributed by atoms with E-state index in [2.05, 4.69) is 25.1 Å². The number of carbonyl (C=O) groups excluding carboxylic acids is 1. The van der Waals surface area contributed by atoms with Crippen LogP contribution in [0.4, 0.5) is 5.69 Å². The Morgan fingerprint density at radius 1 is 1.23 bits per heavy atom. The second kappa shape index (κ2) is 8.97. The maximum Gasteiger partial charge on any atom is 0.269 e. The Morgan fingerprint density at radius 2 is 2.03 bits per heavy atom. The Hall–Kier alpha value is -2.71. The Bertz CT molecular complexity index is 935. The molecule has 160 valence electrons. The Morgan fingerprint density at radius 3 is 2.67 bits per heavy atom. The number of nitrogens with one attached hydrogen (secondary N) is 2. The van der Waals surface area contributed by atoms with E-state index in [4.69, 9.17) is 4.74 Å². The quantitative estimate of drug-likeness (QED) is 0.772. The maximum atomic E-state index is 12.1. The first-order valence-corrected chi connectivity index (χ1v) is 10.6. The average molecular weight is 412 g/mol. The van der Waals surface area contributed by atoms with Crippen LogP contribution >= 0.6 is 0 Å². The SMILES string of the molecule is CCc1ccc([C@H]2C[C@H](N3CCN(c4ccc(C(=O)NC)nc4)CC3)CO2)[nH]c1=O. The number of H-pyrrole nitrogens is 1. The van der Waals surface area contributed by atoms with Crippen molar-refractivity contribution in [2.45, 2.75) is 31.9 Å². The van der Waals surface area contributed by atoms with Gasteiger partial charge < -0.3 is 19.9 Å². The van der Waals surface area contributed by atoms with E-state index >= 15 is 0 Å². The molecule has 0 bridgehead atoms. The van der Waals surface area contributed by atoms with Crippen LogP contribution in [0.15, 0.2) is 35.3 Å². The molecular formula is C22H29N5O3. The van der Waals surface area contributed by atoms with Gasteiger partial charge in [0.1, 0.15) is 5.69 Å². The van der Waals surface area contributed by atoms with Crippen molar-refractivity contribution in [1.82, 2.24) is 20.2 Å². The van der Waals surface area contributed by atoms with Crippen molar-refractivity contribution in [2.75, 3.05) is 44.7 Å². The lowest BCUT2D eigenvalue weighted by Gasteiger charge is -2.38. The number of pyridine rings is 2. The van der Waals surface area contributed by atoms with E-state index in [-0.39, 0.29) is 17.6 Å². The molecule has 2 aromatic heterocycles. The minimum absolute atomic E-state index is 0.00768. The lowest BCUT2D eigenvalue weighted by Crippen LogP contribution is -2.50. The monoisotopic (exact) mass is 411 g/mol. The standard InChI is InChI=1S/C22H29N5O3/c1-3-15-4-6-18(25-21(15)28)20-12-17(14-30-20)27-10-8-26(9-11-27)16-5-7-19(24-13-16)22(29)23-2/h4-7,13,17,20H,3,8-12,14H2,1-2H3,(H,23,29)(H,25,28)/t17-,20+/m0/s1. The van der Waals surface area contributed by atoms with Crippen molar-refractivity contribution in [3.05, 3.63) is 57.8 Å². The summed E-state index contributed by atoms with van der Waals surface area (Å²) >= 11 is 0. The molecule has 0 saturated carbocycles. The van der Waals surface area contributed by atoms with Crippen LogP contribution in [0.5, 0.6) is 0 Å². The van der Waals surface area contributed by atoms with E-state index in [9.17, 15) is 9.59 Å². The van der Waals surface area contributed by atoms with Crippen molar-refractivity contribution in [3.8, 4) is 0 Å². The van der Waals surface area contributed by atoms with Crippen LogP contribution in [-0.2, 0) is 11.2 Å². The highest BCUT2D eigenvalue weighted by atomic mass is 16.5. The summed E-state index contributed by atoms with van der Waals surface area (Å²) in [5.41, 5.74) is 3.14. The highest BCUT2D eigenvalue weighted by Gasteiger charge is 2.33. The summed E-state index contributed by atoms with van der Waals surface area (Å²) in [6.07, 6.45) is 3.35. The lowest BCUT2D eigenvalue weighted by molar-refractivity contribution is 0.0929. The average Bonchev–Trinajstić information content (AvgIpc) is 3.29. The molecule has 0 spiro atoms. The van der Waals surface area contributed by atoms with Crippen LogP contribution in [0.3, 0.4) is 0 Å². The van der Waals surface area contributed by atoms with Gasteiger partial charge in [-0.1, -0.05) is 13.0 Å². The molecule has 0 aliphatic carbocycles. The molecule has 0 unspecified atom stereocenters. The Kier molecular flexibility index (Phi) is 6.15. The summed E-state index contributed by atoms with van der Waals surface area (Å²) in [6, 6.07) is 7.98. The van der Waals surface area contributed by atoms with Gasteiger partial charge in [0.25, 0.3) is 11.5 Å². The molecule has 2 aliphatic rings. The number of aryl methyl sites for hydroxylation is 1. The fourth-order valence-electron chi connectivity index (χ4n) is 4.25. The van der Waals surface area contributed by atoms with Gasteiger partial charge >= 0.3 is 0 Å². The molecule has 0 aromatic carbocycles. The molecule has 2 saturated heterocycles. The largest absolute Gasteiger partial charge is 0.370 e. The number of hydrogen-bond donors (Lipinski definition) is 2. The molecule has 0 radical (unpaired) electrons. The third-order valence-electron chi connectivity index (χ3n) is 6.12. The van der Waals surface area contributed by atoms with Gasteiger partial charge in [-0.15, -0.1) is 0 Å². The number of aromatic nitrogens is 2. The highest BCUT2D eigenvalue weighted by molar-refractivity contribution is 5.92. The topological polar surface area (TPSA) is 90.6 Å². The zero-order chi connectivity index (χ0) is 21.1. The minimum atomic E-state index is -0.173. The van der Waals surface area contributed by atoms with Crippen LogP contribution in [0.25, 0.3) is 0 Å². The fraction of sp³-hybridized carbons (Fsp3) is 0.500. The summed E-state index contributed by atoms with van der Waals surface area (Å²) < 4.78 is 6.02. The van der Waals surface area contributed by atoms with Crippen molar-refractivity contribution < 1.29 is 9.53 Å². The van der Waals surface area contributed by atoms with E-state index in [1.54, 1.807) is 19.3 Å². The normalized spacial score (nSPS) is 22.3. The third kappa shape index (κ3) is 4.24. The number of aromatic amines is 1. The summed E-state index contributed by atoms with van der Waals surface area (Å²) in [5, 5.41) is 2.59. The summed E-state index contributed by atoms with van der Waals surface area (Å²) in [5.74, 6) is -0.173. The zero-order valence-electron chi connectivity index (χ0n) is 17.6. The summed E-state index contributed by atoms with van der Waals surface area (Å²) in [7, 11) is 1.60. The molecule has 4 rings (SSSR count). The number of carbonyl (C=O) groups is 1. The van der Waals surface area contributed by atoms with Gasteiger partial charge in [-0.2, -0.15) is 0 Å². The van der Waals surface area contributed by atoms with Gasteiger partial charge in [0.2, 0.25) is 0 Å². The van der Waals surface area contributed by atoms with Crippen molar-refractivity contribution in [2.24, 2.45) is 0 Å². The van der Waals surface area contributed by atoms with E-state index < -0.39 is 0 Å². The fourth-order valence-corrected chi connectivity index (χ4v) is 4.25. The number of rotatable bonds is 5. The van der Waals surface area contributed by atoms with E-state index in [0.29, 0.717) is 18.3 Å². The molecule has 1 amide bonds. The number of nitrogens with zero attached hydrogens (tertiary/aromatic N) is 3. The number of anilines is 1. The molecule has 2 aliphatic heterocycles. The molecule has 2 fully saturated rings. The van der Waals surface area contributed by atoms with Gasteiger partial charge in [-0.05, 0) is 31.0 Å². The first-order chi connectivity index (χ1) is 14.6. The van der Waals surface area contributed by atoms with Crippen LogP contribution in [0.2, 0.25) is 0 Å². The van der Waals surface area contributed by atoms with Crippen molar-refractivity contribution >= 4 is 11.6 Å². The molecule has 4 heterocycles. The number of ether oxygens (including phenoxy) is 1. The first-order valence-electron chi connectivity index (χ1n) is 10.6. The minimum Gasteiger partial charge on any atom is -0.370 e. The maximum absolute atomic E-state index is 12.1. The second-order valence-electron chi connectivity index (χ2n) is 7.84. The number of amides is 1. The van der Waals surface area contributed by atoms with Gasteiger partial charge in [0, 0.05) is 50.5 Å². The van der Waals surface area contributed by atoms with Gasteiger partial charge in [0.15, 0.2) is 0 Å². The molecule has 8 heteroatoms. The van der Waals surface area contributed by atoms with Crippen molar-refractivity contribution in [3.63, 3.8) is 0 Å². The van der Waals surface area contributed by atoms with Crippen LogP contribution in [0.1, 0.15) is 41.2 Å². The first kappa shape index (κ1) is 20.6. The van der Waals surface area contributed by atoms with Gasteiger partial charge in [-0.3, -0.25) is 14.5 Å². The summed E-state index contributed by atoms with van der Waals surface area (Å²) in [4.78, 5) is 35.8. The molecule has 2 aromatic rings. The molecule has 2 atom stereocenters. The van der Waals surface area contributed by atoms with Gasteiger partial charge in [0.05, 0.1) is 24.6 Å². The van der Waals surface area contributed by atoms with Gasteiger partial charge in [-0.25, -0.2) is 4.98 Å². The van der Waals surface area contributed by atoms with E-state index in [1.165, 1.54) is 0 Å².